The zero-order valence-electron chi connectivity index (χ0n) is 12.0. The number of carbonyl (C=O) groups excluding carboxylic acids is 1. The highest BCUT2D eigenvalue weighted by atomic mass is 79.9. The summed E-state index contributed by atoms with van der Waals surface area (Å²) in [5.41, 5.74) is 3.01. The molecule has 0 saturated carbocycles. The number of nitrogens with one attached hydrogen (secondary N) is 1. The number of amidine groups is 1. The molecular weight excluding hydrogens is 360 g/mol. The van der Waals surface area contributed by atoms with Crippen LogP contribution < -0.4 is 4.90 Å². The Kier molecular flexibility index (Phi) is 4.36. The maximum absolute atomic E-state index is 12.6. The van der Waals surface area contributed by atoms with Crippen LogP contribution in [-0.2, 0) is 11.2 Å². The van der Waals surface area contributed by atoms with E-state index < -0.39 is 0 Å². The zero-order valence-corrected chi connectivity index (χ0v) is 14.4. The van der Waals surface area contributed by atoms with Gasteiger partial charge in [0.1, 0.15) is 0 Å². The maximum atomic E-state index is 12.6. The molecule has 2 aromatic carbocycles. The van der Waals surface area contributed by atoms with E-state index in [0.717, 1.165) is 21.3 Å². The van der Waals surface area contributed by atoms with Crippen LogP contribution in [0.15, 0.2) is 53.0 Å². The number of halogens is 1. The first-order chi connectivity index (χ1) is 10.5. The summed E-state index contributed by atoms with van der Waals surface area (Å²) in [4.78, 5) is 14.1. The normalized spacial score (nSPS) is 18.1. The van der Waals surface area contributed by atoms with Crippen molar-refractivity contribution in [3.8, 4) is 0 Å². The second kappa shape index (κ2) is 6.26. The van der Waals surface area contributed by atoms with Crippen molar-refractivity contribution in [3.05, 3.63) is 64.1 Å². The van der Waals surface area contributed by atoms with Crippen LogP contribution >= 0.6 is 27.7 Å². The van der Waals surface area contributed by atoms with Crippen molar-refractivity contribution in [1.82, 2.24) is 0 Å². The molecule has 1 aliphatic rings. The third-order valence-electron chi connectivity index (χ3n) is 3.58. The minimum atomic E-state index is -0.227. The fraction of sp³-hybridized carbons (Fsp3) is 0.176. The van der Waals surface area contributed by atoms with Gasteiger partial charge >= 0.3 is 0 Å². The number of anilines is 1. The predicted molar refractivity (Wildman–Crippen MR) is 95.6 cm³/mol. The topological polar surface area (TPSA) is 44.2 Å². The largest absolute Gasteiger partial charge is 0.278 e. The first kappa shape index (κ1) is 15.3. The number of rotatable bonds is 3. The molecule has 1 fully saturated rings. The van der Waals surface area contributed by atoms with Gasteiger partial charge in [-0.15, -0.1) is 0 Å². The van der Waals surface area contributed by atoms with Gasteiger partial charge in [0.2, 0.25) is 5.91 Å². The highest BCUT2D eigenvalue weighted by molar-refractivity contribution is 9.10. The Labute approximate surface area is 142 Å². The Bertz CT molecular complexity index is 712. The van der Waals surface area contributed by atoms with Crippen LogP contribution in [0, 0.1) is 12.3 Å². The highest BCUT2D eigenvalue weighted by Crippen LogP contribution is 2.33. The van der Waals surface area contributed by atoms with Gasteiger partial charge in [-0.1, -0.05) is 57.5 Å². The van der Waals surface area contributed by atoms with Crippen LogP contribution in [0.5, 0.6) is 0 Å². The van der Waals surface area contributed by atoms with Gasteiger partial charge in [0.05, 0.1) is 10.9 Å². The van der Waals surface area contributed by atoms with Crippen molar-refractivity contribution in [2.24, 2.45) is 0 Å². The quantitative estimate of drug-likeness (QED) is 0.865. The van der Waals surface area contributed by atoms with Crippen LogP contribution in [0.4, 0.5) is 5.69 Å². The zero-order chi connectivity index (χ0) is 15.7. The highest BCUT2D eigenvalue weighted by Gasteiger charge is 2.37. The summed E-state index contributed by atoms with van der Waals surface area (Å²) in [7, 11) is 0. The van der Waals surface area contributed by atoms with Gasteiger partial charge in [-0.2, -0.15) is 0 Å². The van der Waals surface area contributed by atoms with E-state index in [1.165, 1.54) is 16.7 Å². The molecule has 1 amide bonds. The SMILES string of the molecule is Cc1ccc(N2C(=N)S[C@H](Cc3ccc(Br)cc3)C2=O)cc1. The molecule has 112 valence electrons. The number of hydrogen-bond donors (Lipinski definition) is 1. The van der Waals surface area contributed by atoms with Gasteiger partial charge in [-0.3, -0.25) is 15.1 Å². The lowest BCUT2D eigenvalue weighted by molar-refractivity contribution is -0.116. The minimum absolute atomic E-state index is 0.0122. The lowest BCUT2D eigenvalue weighted by atomic mass is 10.1. The Morgan fingerprint density at radius 1 is 1.14 bits per heavy atom. The van der Waals surface area contributed by atoms with Crippen LogP contribution in [0.25, 0.3) is 0 Å². The van der Waals surface area contributed by atoms with E-state index in [9.17, 15) is 4.79 Å². The molecule has 1 N–H and O–H groups in total. The summed E-state index contributed by atoms with van der Waals surface area (Å²) in [5.74, 6) is -0.0122. The van der Waals surface area contributed by atoms with Crippen LogP contribution in [-0.4, -0.2) is 16.3 Å². The molecule has 1 heterocycles. The molecular formula is C17H15BrN2OS. The predicted octanol–water partition coefficient (Wildman–Crippen LogP) is 4.38. The van der Waals surface area contributed by atoms with Gasteiger partial charge in [-0.25, -0.2) is 0 Å². The molecule has 0 aromatic heterocycles. The van der Waals surface area contributed by atoms with Gasteiger partial charge < -0.3 is 0 Å². The molecule has 2 aromatic rings. The molecule has 1 aliphatic heterocycles. The van der Waals surface area contributed by atoms with Crippen LogP contribution in [0.2, 0.25) is 0 Å². The number of thioether (sulfide) groups is 1. The van der Waals surface area contributed by atoms with E-state index in [1.54, 1.807) is 0 Å². The average molecular weight is 375 g/mol. The summed E-state index contributed by atoms with van der Waals surface area (Å²) in [6.07, 6.45) is 0.640. The van der Waals surface area contributed by atoms with E-state index >= 15 is 0 Å². The van der Waals surface area contributed by atoms with E-state index in [1.807, 2.05) is 55.5 Å². The van der Waals surface area contributed by atoms with E-state index in [2.05, 4.69) is 15.9 Å². The molecule has 5 heteroatoms. The van der Waals surface area contributed by atoms with Crippen molar-refractivity contribution in [1.29, 1.82) is 5.41 Å². The minimum Gasteiger partial charge on any atom is -0.278 e. The number of aryl methyl sites for hydroxylation is 1. The summed E-state index contributed by atoms with van der Waals surface area (Å²) in [6, 6.07) is 15.7. The number of benzene rings is 2. The second-order valence-corrected chi connectivity index (χ2v) is 7.36. The monoisotopic (exact) mass is 374 g/mol. The van der Waals surface area contributed by atoms with Crippen LogP contribution in [0.3, 0.4) is 0 Å². The Hall–Kier alpha value is -1.59. The van der Waals surface area contributed by atoms with Crippen molar-refractivity contribution >= 4 is 44.5 Å². The first-order valence-corrected chi connectivity index (χ1v) is 8.62. The van der Waals surface area contributed by atoms with Crippen molar-refractivity contribution < 1.29 is 4.79 Å². The van der Waals surface area contributed by atoms with Gasteiger partial charge in [-0.05, 0) is 43.2 Å². The third-order valence-corrected chi connectivity index (χ3v) is 5.17. The van der Waals surface area contributed by atoms with Gasteiger partial charge in [0.25, 0.3) is 0 Å². The molecule has 0 radical (unpaired) electrons. The standard InChI is InChI=1S/C17H15BrN2OS/c1-11-2-8-14(9-3-11)20-16(21)15(22-17(20)19)10-12-4-6-13(18)7-5-12/h2-9,15,19H,10H2,1H3/t15-/m1/s1. The fourth-order valence-corrected chi connectivity index (χ4v) is 3.70. The van der Waals surface area contributed by atoms with Gasteiger partial charge in [0.15, 0.2) is 5.17 Å². The fourth-order valence-electron chi connectivity index (χ4n) is 2.38. The lowest BCUT2D eigenvalue weighted by Gasteiger charge is -2.15. The molecule has 1 saturated heterocycles. The Balaban J connectivity index is 1.79. The van der Waals surface area contributed by atoms with Gasteiger partial charge in [0, 0.05) is 4.47 Å². The molecule has 1 atom stereocenters. The molecule has 0 spiro atoms. The summed E-state index contributed by atoms with van der Waals surface area (Å²) in [5, 5.41) is 8.19. The average Bonchev–Trinajstić information content (AvgIpc) is 2.77. The molecule has 3 rings (SSSR count). The number of amides is 1. The molecule has 0 bridgehead atoms. The van der Waals surface area contributed by atoms with Crippen molar-refractivity contribution in [2.45, 2.75) is 18.6 Å². The van der Waals surface area contributed by atoms with Crippen molar-refractivity contribution in [2.75, 3.05) is 4.90 Å². The molecule has 0 aliphatic carbocycles. The first-order valence-electron chi connectivity index (χ1n) is 6.95. The Morgan fingerprint density at radius 3 is 2.41 bits per heavy atom. The smallest absolute Gasteiger partial charge is 0.247 e. The van der Waals surface area contributed by atoms with Crippen LogP contribution in [0.1, 0.15) is 11.1 Å². The summed E-state index contributed by atoms with van der Waals surface area (Å²) < 4.78 is 1.02. The molecule has 0 unspecified atom stereocenters. The molecule has 3 nitrogen and oxygen atoms in total. The van der Waals surface area contributed by atoms with E-state index in [4.69, 9.17) is 5.41 Å². The van der Waals surface area contributed by atoms with Crippen molar-refractivity contribution in [3.63, 3.8) is 0 Å². The maximum Gasteiger partial charge on any atom is 0.247 e. The molecule has 22 heavy (non-hydrogen) atoms. The summed E-state index contributed by atoms with van der Waals surface area (Å²) >= 11 is 4.74. The second-order valence-electron chi connectivity index (χ2n) is 5.25. The van der Waals surface area contributed by atoms with E-state index in [0.29, 0.717) is 11.6 Å². The number of nitrogens with zero attached hydrogens (tertiary/aromatic N) is 1. The number of carbonyl (C=O) groups is 1. The number of hydrogen-bond acceptors (Lipinski definition) is 3. The summed E-state index contributed by atoms with van der Waals surface area (Å²) in [6.45, 7) is 2.01. The lowest BCUT2D eigenvalue weighted by Crippen LogP contribution is -2.32. The Morgan fingerprint density at radius 2 is 1.77 bits per heavy atom. The van der Waals surface area contributed by atoms with E-state index in [-0.39, 0.29) is 11.2 Å². The third kappa shape index (κ3) is 3.10.